The Kier molecular flexibility index (Phi) is 5.57. The van der Waals surface area contributed by atoms with E-state index in [4.69, 9.17) is 0 Å². The minimum atomic E-state index is -0.766. The summed E-state index contributed by atoms with van der Waals surface area (Å²) in [6.07, 6.45) is 1.46. The van der Waals surface area contributed by atoms with E-state index in [-0.39, 0.29) is 23.8 Å². The van der Waals surface area contributed by atoms with Gasteiger partial charge in [0.25, 0.3) is 11.5 Å². The molecule has 4 aromatic rings. The van der Waals surface area contributed by atoms with Gasteiger partial charge in [0.2, 0.25) is 5.91 Å². The molecule has 2 amide bonds. The maximum Gasteiger partial charge on any atom is 0.262 e. The minimum absolute atomic E-state index is 0.00443. The van der Waals surface area contributed by atoms with Gasteiger partial charge in [0.1, 0.15) is 17.3 Å². The van der Waals surface area contributed by atoms with Crippen molar-refractivity contribution in [1.82, 2.24) is 30.4 Å². The van der Waals surface area contributed by atoms with Crippen molar-refractivity contribution < 1.29 is 9.59 Å². The molecule has 31 heavy (non-hydrogen) atoms. The zero-order chi connectivity index (χ0) is 21.8. The van der Waals surface area contributed by atoms with Crippen LogP contribution in [-0.4, -0.2) is 37.6 Å². The molecule has 0 spiro atoms. The highest BCUT2D eigenvalue weighted by atomic mass is 16.2. The second-order valence-corrected chi connectivity index (χ2v) is 6.92. The molecule has 156 valence electrons. The third kappa shape index (κ3) is 4.35. The number of fused-ring (bicyclic) bond motifs is 1. The summed E-state index contributed by atoms with van der Waals surface area (Å²) in [5.41, 5.74) is 1.28. The molecule has 3 N–H and O–H groups in total. The van der Waals surface area contributed by atoms with Crippen molar-refractivity contribution in [1.29, 1.82) is 0 Å². The van der Waals surface area contributed by atoms with Gasteiger partial charge in [0.05, 0.1) is 18.4 Å². The van der Waals surface area contributed by atoms with Crippen LogP contribution in [0.3, 0.4) is 0 Å². The van der Waals surface area contributed by atoms with Crippen molar-refractivity contribution in [2.45, 2.75) is 19.5 Å². The Morgan fingerprint density at radius 1 is 1.06 bits per heavy atom. The van der Waals surface area contributed by atoms with Crippen LogP contribution in [-0.2, 0) is 11.3 Å². The highest BCUT2D eigenvalue weighted by molar-refractivity contribution is 5.97. The van der Waals surface area contributed by atoms with Crippen molar-refractivity contribution in [3.05, 3.63) is 88.6 Å². The fourth-order valence-corrected chi connectivity index (χ4v) is 3.06. The van der Waals surface area contributed by atoms with Gasteiger partial charge < -0.3 is 15.6 Å². The first-order chi connectivity index (χ1) is 15.0. The van der Waals surface area contributed by atoms with Crippen LogP contribution < -0.4 is 16.2 Å². The van der Waals surface area contributed by atoms with E-state index in [0.29, 0.717) is 16.6 Å². The number of hydrogen-bond acceptors (Lipinski definition) is 5. The number of H-pyrrole nitrogens is 1. The van der Waals surface area contributed by atoms with Gasteiger partial charge >= 0.3 is 0 Å². The van der Waals surface area contributed by atoms with E-state index < -0.39 is 11.9 Å². The Morgan fingerprint density at radius 2 is 1.74 bits per heavy atom. The zero-order valence-corrected chi connectivity index (χ0v) is 16.7. The summed E-state index contributed by atoms with van der Waals surface area (Å²) in [4.78, 5) is 44.1. The van der Waals surface area contributed by atoms with E-state index >= 15 is 0 Å². The monoisotopic (exact) mass is 416 g/mol. The number of nitrogens with zero attached hydrogens (tertiary/aromatic N) is 3. The van der Waals surface area contributed by atoms with Crippen LogP contribution in [0.1, 0.15) is 23.1 Å². The van der Waals surface area contributed by atoms with Crippen molar-refractivity contribution in [2.75, 3.05) is 0 Å². The average Bonchev–Trinajstić information content (AvgIpc) is 3.23. The Balaban J connectivity index is 1.47. The predicted molar refractivity (Wildman–Crippen MR) is 115 cm³/mol. The van der Waals surface area contributed by atoms with Gasteiger partial charge in [0, 0.05) is 5.56 Å². The molecule has 0 bridgehead atoms. The summed E-state index contributed by atoms with van der Waals surface area (Å²) < 4.78 is 1.57. The largest absolute Gasteiger partial charge is 0.347 e. The lowest BCUT2D eigenvalue weighted by Gasteiger charge is -2.14. The van der Waals surface area contributed by atoms with Crippen molar-refractivity contribution in [3.8, 4) is 5.69 Å². The molecule has 0 aliphatic rings. The van der Waals surface area contributed by atoms with E-state index in [1.807, 2.05) is 30.3 Å². The Labute approximate surface area is 177 Å². The van der Waals surface area contributed by atoms with Crippen LogP contribution in [0.25, 0.3) is 16.7 Å². The third-order valence-electron chi connectivity index (χ3n) is 4.69. The fraction of sp³-hybridized carbons (Fsp3) is 0.136. The highest BCUT2D eigenvalue weighted by Crippen LogP contribution is 2.13. The summed E-state index contributed by atoms with van der Waals surface area (Å²) in [5.74, 6) is -0.461. The van der Waals surface area contributed by atoms with Gasteiger partial charge in [-0.15, -0.1) is 0 Å². The Bertz CT molecular complexity index is 1280. The van der Waals surface area contributed by atoms with Gasteiger partial charge in [-0.3, -0.25) is 14.4 Å². The summed E-state index contributed by atoms with van der Waals surface area (Å²) in [6, 6.07) is 17.2. The first kappa shape index (κ1) is 20.0. The number of aromatic amines is 1. The number of hydrogen-bond donors (Lipinski definition) is 3. The number of para-hydroxylation sites is 1. The Morgan fingerprint density at radius 3 is 2.45 bits per heavy atom. The second kappa shape index (κ2) is 8.62. The minimum Gasteiger partial charge on any atom is -0.347 e. The smallest absolute Gasteiger partial charge is 0.262 e. The molecule has 0 aliphatic carbocycles. The summed E-state index contributed by atoms with van der Waals surface area (Å²) in [7, 11) is 0. The average molecular weight is 416 g/mol. The van der Waals surface area contributed by atoms with Crippen LogP contribution >= 0.6 is 0 Å². The number of amides is 2. The van der Waals surface area contributed by atoms with Gasteiger partial charge in [-0.1, -0.05) is 36.4 Å². The van der Waals surface area contributed by atoms with Crippen molar-refractivity contribution >= 4 is 22.8 Å². The van der Waals surface area contributed by atoms with Crippen LogP contribution in [0.15, 0.2) is 71.7 Å². The number of carbonyl (C=O) groups excluding carboxylic acids is 2. The topological polar surface area (TPSA) is 122 Å². The van der Waals surface area contributed by atoms with E-state index in [0.717, 1.165) is 5.69 Å². The molecule has 0 fully saturated rings. The molecular weight excluding hydrogens is 396 g/mol. The molecule has 2 heterocycles. The molecule has 0 saturated carbocycles. The molecule has 2 aromatic heterocycles. The van der Waals surface area contributed by atoms with E-state index in [2.05, 4.69) is 25.7 Å². The number of carbonyl (C=O) groups is 2. The quantitative estimate of drug-likeness (QED) is 0.440. The normalized spacial score (nSPS) is 11.8. The first-order valence-corrected chi connectivity index (χ1v) is 9.69. The summed E-state index contributed by atoms with van der Waals surface area (Å²) >= 11 is 0. The van der Waals surface area contributed by atoms with Gasteiger partial charge in [-0.25, -0.2) is 9.67 Å². The predicted octanol–water partition coefficient (Wildman–Crippen LogP) is 1.54. The summed E-state index contributed by atoms with van der Waals surface area (Å²) in [6.45, 7) is 1.58. The lowest BCUT2D eigenvalue weighted by atomic mass is 10.2. The fourth-order valence-electron chi connectivity index (χ4n) is 3.06. The van der Waals surface area contributed by atoms with Crippen LogP contribution in [0.2, 0.25) is 0 Å². The van der Waals surface area contributed by atoms with E-state index in [9.17, 15) is 14.4 Å². The molecule has 0 unspecified atom stereocenters. The number of nitrogens with one attached hydrogen (secondary N) is 3. The van der Waals surface area contributed by atoms with Crippen LogP contribution in [0.4, 0.5) is 0 Å². The van der Waals surface area contributed by atoms with Gasteiger partial charge in [-0.05, 0) is 31.2 Å². The molecule has 9 nitrogen and oxygen atoms in total. The molecular formula is C22H20N6O3. The highest BCUT2D eigenvalue weighted by Gasteiger charge is 2.17. The molecule has 2 aromatic carbocycles. The standard InChI is InChI=1S/C22H20N6O3/c1-14(25-21(30)15-8-4-2-5-9-15)20(29)23-13-18-26-19-17(22(31)27-18)12-24-28(19)16-10-6-3-7-11-16/h2-12,14H,13H2,1H3,(H,23,29)(H,25,30)(H,26,27,31)/t14-/m1/s1. The SMILES string of the molecule is C[C@@H](NC(=O)c1ccccc1)C(=O)NCc1nc2c(cnn2-c2ccccc2)c(=O)[nH]1. The van der Waals surface area contributed by atoms with E-state index in [1.165, 1.54) is 6.20 Å². The maximum absolute atomic E-state index is 12.4. The van der Waals surface area contributed by atoms with Crippen LogP contribution in [0, 0.1) is 0 Å². The number of aromatic nitrogens is 4. The lowest BCUT2D eigenvalue weighted by Crippen LogP contribution is -2.44. The Hall–Kier alpha value is -4.27. The van der Waals surface area contributed by atoms with Crippen molar-refractivity contribution in [2.24, 2.45) is 0 Å². The third-order valence-corrected chi connectivity index (χ3v) is 4.69. The molecule has 0 saturated heterocycles. The van der Waals surface area contributed by atoms with Crippen LogP contribution in [0.5, 0.6) is 0 Å². The molecule has 0 radical (unpaired) electrons. The molecule has 4 rings (SSSR count). The van der Waals surface area contributed by atoms with Crippen molar-refractivity contribution in [3.63, 3.8) is 0 Å². The first-order valence-electron chi connectivity index (χ1n) is 9.69. The second-order valence-electron chi connectivity index (χ2n) is 6.92. The number of rotatable bonds is 6. The van der Waals surface area contributed by atoms with Gasteiger partial charge in [0.15, 0.2) is 5.65 Å². The number of benzene rings is 2. The lowest BCUT2D eigenvalue weighted by molar-refractivity contribution is -0.122. The maximum atomic E-state index is 12.4. The van der Waals surface area contributed by atoms with E-state index in [1.54, 1.807) is 41.9 Å². The molecule has 0 aliphatic heterocycles. The zero-order valence-electron chi connectivity index (χ0n) is 16.7. The molecule has 9 heteroatoms. The molecule has 1 atom stereocenters. The summed E-state index contributed by atoms with van der Waals surface area (Å²) in [5, 5.41) is 9.93. The van der Waals surface area contributed by atoms with Gasteiger partial charge in [-0.2, -0.15) is 5.10 Å².